The Hall–Kier alpha value is -0.120. The van der Waals surface area contributed by atoms with Gasteiger partial charge in [-0.2, -0.15) is 0 Å². The average Bonchev–Trinajstić information content (AvgIpc) is 2.27. The summed E-state index contributed by atoms with van der Waals surface area (Å²) < 4.78 is 0. The highest BCUT2D eigenvalue weighted by Gasteiger charge is 2.29. The molecule has 102 valence electrons. The van der Waals surface area contributed by atoms with Crippen LogP contribution in [0.5, 0.6) is 0 Å². The summed E-state index contributed by atoms with van der Waals surface area (Å²) in [5, 5.41) is 13.7. The first-order chi connectivity index (χ1) is 7.95. The number of β-amino-alcohol motifs (C(OH)–C–C–N with tert-alkyl or cyclic N) is 1. The quantitative estimate of drug-likeness (QED) is 0.744. The van der Waals surface area contributed by atoms with Crippen LogP contribution in [-0.4, -0.2) is 48.3 Å². The summed E-state index contributed by atoms with van der Waals surface area (Å²) in [4.78, 5) is 2.42. The summed E-state index contributed by atoms with van der Waals surface area (Å²) in [6, 6.07) is 0. The van der Waals surface area contributed by atoms with Gasteiger partial charge in [-0.15, -0.1) is 0 Å². The molecule has 1 aliphatic heterocycles. The van der Waals surface area contributed by atoms with Gasteiger partial charge in [0.2, 0.25) is 0 Å². The normalized spacial score (nSPS) is 22.9. The molecular formula is C14H30N2O. The summed E-state index contributed by atoms with van der Waals surface area (Å²) in [6.45, 7) is 13.6. The molecule has 1 fully saturated rings. The predicted molar refractivity (Wildman–Crippen MR) is 73.2 cm³/mol. The Balaban J connectivity index is 2.27. The van der Waals surface area contributed by atoms with Crippen molar-refractivity contribution in [1.82, 2.24) is 10.2 Å². The SMILES string of the molecule is CCNCC1CCN(CC(C)(O)C(C)C)CC1. The van der Waals surface area contributed by atoms with E-state index in [1.807, 2.05) is 6.92 Å². The van der Waals surface area contributed by atoms with Gasteiger partial charge in [-0.25, -0.2) is 0 Å². The van der Waals surface area contributed by atoms with Crippen LogP contribution in [0.2, 0.25) is 0 Å². The highest BCUT2D eigenvalue weighted by molar-refractivity contribution is 4.83. The first kappa shape index (κ1) is 14.9. The molecule has 1 atom stereocenters. The molecule has 2 N–H and O–H groups in total. The second-order valence-corrected chi connectivity index (χ2v) is 6.04. The van der Waals surface area contributed by atoms with E-state index in [2.05, 4.69) is 31.0 Å². The van der Waals surface area contributed by atoms with Gasteiger partial charge < -0.3 is 15.3 Å². The molecule has 3 heteroatoms. The van der Waals surface area contributed by atoms with Crippen LogP contribution in [-0.2, 0) is 0 Å². The van der Waals surface area contributed by atoms with Gasteiger partial charge in [0.15, 0.2) is 0 Å². The smallest absolute Gasteiger partial charge is 0.0768 e. The highest BCUT2D eigenvalue weighted by atomic mass is 16.3. The Morgan fingerprint density at radius 3 is 2.41 bits per heavy atom. The van der Waals surface area contributed by atoms with E-state index in [-0.39, 0.29) is 0 Å². The Bertz CT molecular complexity index is 208. The summed E-state index contributed by atoms with van der Waals surface area (Å²) in [5.74, 6) is 1.15. The van der Waals surface area contributed by atoms with Crippen LogP contribution < -0.4 is 5.32 Å². The second kappa shape index (κ2) is 6.72. The highest BCUT2D eigenvalue weighted by Crippen LogP contribution is 2.22. The molecule has 0 aliphatic carbocycles. The van der Waals surface area contributed by atoms with E-state index in [4.69, 9.17) is 0 Å². The van der Waals surface area contributed by atoms with Gasteiger partial charge in [0.1, 0.15) is 0 Å². The minimum Gasteiger partial charge on any atom is -0.389 e. The number of piperidine rings is 1. The van der Waals surface area contributed by atoms with Crippen molar-refractivity contribution < 1.29 is 5.11 Å². The zero-order chi connectivity index (χ0) is 12.9. The largest absolute Gasteiger partial charge is 0.389 e. The lowest BCUT2D eigenvalue weighted by Gasteiger charge is -2.38. The number of nitrogens with zero attached hydrogens (tertiary/aromatic N) is 1. The van der Waals surface area contributed by atoms with Gasteiger partial charge >= 0.3 is 0 Å². The van der Waals surface area contributed by atoms with Crippen LogP contribution in [0.15, 0.2) is 0 Å². The minimum absolute atomic E-state index is 0.321. The fraction of sp³-hybridized carbons (Fsp3) is 1.00. The summed E-state index contributed by atoms with van der Waals surface area (Å²) in [7, 11) is 0. The van der Waals surface area contributed by atoms with Gasteiger partial charge in [-0.05, 0) is 57.8 Å². The van der Waals surface area contributed by atoms with Crippen molar-refractivity contribution in [3.63, 3.8) is 0 Å². The van der Waals surface area contributed by atoms with Crippen LogP contribution in [0.3, 0.4) is 0 Å². The predicted octanol–water partition coefficient (Wildman–Crippen LogP) is 1.71. The van der Waals surface area contributed by atoms with Crippen molar-refractivity contribution >= 4 is 0 Å². The number of nitrogens with one attached hydrogen (secondary N) is 1. The van der Waals surface area contributed by atoms with Crippen LogP contribution in [0.1, 0.15) is 40.5 Å². The van der Waals surface area contributed by atoms with Crippen molar-refractivity contribution in [3.8, 4) is 0 Å². The minimum atomic E-state index is -0.547. The fourth-order valence-corrected chi connectivity index (χ4v) is 2.33. The molecular weight excluding hydrogens is 212 g/mol. The Labute approximate surface area is 107 Å². The van der Waals surface area contributed by atoms with Crippen molar-refractivity contribution in [2.24, 2.45) is 11.8 Å². The molecule has 0 radical (unpaired) electrons. The van der Waals surface area contributed by atoms with E-state index >= 15 is 0 Å². The molecule has 1 heterocycles. The standard InChI is InChI=1S/C14H30N2O/c1-5-15-10-13-6-8-16(9-7-13)11-14(4,17)12(2)3/h12-13,15,17H,5-11H2,1-4H3. The average molecular weight is 242 g/mol. The third-order valence-electron chi connectivity index (χ3n) is 4.18. The van der Waals surface area contributed by atoms with Gasteiger partial charge in [0, 0.05) is 6.54 Å². The van der Waals surface area contributed by atoms with Crippen LogP contribution in [0, 0.1) is 11.8 Å². The van der Waals surface area contributed by atoms with E-state index < -0.39 is 5.60 Å². The molecule has 1 saturated heterocycles. The van der Waals surface area contributed by atoms with E-state index in [0.29, 0.717) is 5.92 Å². The number of hydrogen-bond acceptors (Lipinski definition) is 3. The third-order valence-corrected chi connectivity index (χ3v) is 4.18. The molecule has 0 bridgehead atoms. The number of hydrogen-bond donors (Lipinski definition) is 2. The molecule has 0 aromatic carbocycles. The first-order valence-electron chi connectivity index (χ1n) is 7.11. The van der Waals surface area contributed by atoms with Crippen LogP contribution in [0.25, 0.3) is 0 Å². The topological polar surface area (TPSA) is 35.5 Å². The molecule has 0 aromatic heterocycles. The van der Waals surface area contributed by atoms with Gasteiger partial charge in [0.25, 0.3) is 0 Å². The Kier molecular flexibility index (Phi) is 5.90. The molecule has 0 saturated carbocycles. The van der Waals surface area contributed by atoms with E-state index in [1.165, 1.54) is 12.8 Å². The molecule has 0 spiro atoms. The molecule has 3 nitrogen and oxygen atoms in total. The van der Waals surface area contributed by atoms with Crippen LogP contribution >= 0.6 is 0 Å². The van der Waals surface area contributed by atoms with Crippen molar-refractivity contribution in [3.05, 3.63) is 0 Å². The monoisotopic (exact) mass is 242 g/mol. The Morgan fingerprint density at radius 2 is 1.94 bits per heavy atom. The molecule has 17 heavy (non-hydrogen) atoms. The second-order valence-electron chi connectivity index (χ2n) is 6.04. The van der Waals surface area contributed by atoms with Crippen molar-refractivity contribution in [2.45, 2.75) is 46.1 Å². The van der Waals surface area contributed by atoms with Gasteiger partial charge in [0.05, 0.1) is 5.60 Å². The van der Waals surface area contributed by atoms with Gasteiger partial charge in [-0.3, -0.25) is 0 Å². The lowest BCUT2D eigenvalue weighted by molar-refractivity contribution is -0.0257. The molecule has 0 amide bonds. The number of aliphatic hydroxyl groups is 1. The molecule has 1 unspecified atom stereocenters. The fourth-order valence-electron chi connectivity index (χ4n) is 2.33. The Morgan fingerprint density at radius 1 is 1.35 bits per heavy atom. The molecule has 0 aromatic rings. The van der Waals surface area contributed by atoms with E-state index in [1.54, 1.807) is 0 Å². The summed E-state index contributed by atoms with van der Waals surface area (Å²) in [6.07, 6.45) is 2.53. The lowest BCUT2D eigenvalue weighted by Crippen LogP contribution is -2.47. The van der Waals surface area contributed by atoms with Crippen molar-refractivity contribution in [1.29, 1.82) is 0 Å². The zero-order valence-corrected chi connectivity index (χ0v) is 12.0. The summed E-state index contributed by atoms with van der Waals surface area (Å²) >= 11 is 0. The number of likely N-dealkylation sites (tertiary alicyclic amines) is 1. The van der Waals surface area contributed by atoms with Gasteiger partial charge in [-0.1, -0.05) is 20.8 Å². The van der Waals surface area contributed by atoms with E-state index in [0.717, 1.165) is 38.6 Å². The van der Waals surface area contributed by atoms with Crippen molar-refractivity contribution in [2.75, 3.05) is 32.7 Å². The number of rotatable bonds is 6. The molecule has 1 aliphatic rings. The third kappa shape index (κ3) is 4.94. The zero-order valence-electron chi connectivity index (χ0n) is 12.0. The lowest BCUT2D eigenvalue weighted by atomic mass is 9.90. The first-order valence-corrected chi connectivity index (χ1v) is 7.11. The maximum absolute atomic E-state index is 10.3. The maximum Gasteiger partial charge on any atom is 0.0768 e. The van der Waals surface area contributed by atoms with E-state index in [9.17, 15) is 5.11 Å². The maximum atomic E-state index is 10.3. The van der Waals surface area contributed by atoms with Crippen LogP contribution in [0.4, 0.5) is 0 Å². The summed E-state index contributed by atoms with van der Waals surface area (Å²) in [5.41, 5.74) is -0.547. The molecule has 1 rings (SSSR count).